The van der Waals surface area contributed by atoms with Crippen LogP contribution in [0.5, 0.6) is 0 Å². The van der Waals surface area contributed by atoms with E-state index in [0.717, 1.165) is 0 Å². The number of thiocarbonyl (C=S) groups is 1. The molecule has 6 heteroatoms. The molecule has 0 saturated heterocycles. The Bertz CT molecular complexity index is 453. The van der Waals surface area contributed by atoms with Gasteiger partial charge >= 0.3 is 0 Å². The van der Waals surface area contributed by atoms with Gasteiger partial charge < -0.3 is 11.1 Å². The highest BCUT2D eigenvalue weighted by Crippen LogP contribution is 2.23. The molecule has 1 rings (SSSR count). The van der Waals surface area contributed by atoms with Crippen molar-refractivity contribution in [2.75, 3.05) is 6.54 Å². The normalized spacial score (nSPS) is 11.9. The maximum atomic E-state index is 11.8. The number of amides is 1. The number of hydrogen-bond acceptors (Lipinski definition) is 2. The summed E-state index contributed by atoms with van der Waals surface area (Å²) in [5.41, 5.74) is 6.00. The molecule has 3 nitrogen and oxygen atoms in total. The lowest BCUT2D eigenvalue weighted by molar-refractivity contribution is 0.0951. The van der Waals surface area contributed by atoms with Crippen LogP contribution in [0.1, 0.15) is 17.3 Å². The zero-order chi connectivity index (χ0) is 13.0. The number of halogens is 2. The second-order valence-electron chi connectivity index (χ2n) is 3.64. The van der Waals surface area contributed by atoms with Gasteiger partial charge in [-0.1, -0.05) is 30.7 Å². The first kappa shape index (κ1) is 14.4. The largest absolute Gasteiger partial charge is 0.393 e. The Labute approximate surface area is 119 Å². The summed E-state index contributed by atoms with van der Waals surface area (Å²) >= 11 is 13.9. The highest BCUT2D eigenvalue weighted by molar-refractivity contribution is 9.10. The van der Waals surface area contributed by atoms with Crippen molar-refractivity contribution in [3.63, 3.8) is 0 Å². The van der Waals surface area contributed by atoms with Crippen LogP contribution in [0, 0.1) is 5.92 Å². The van der Waals surface area contributed by atoms with Crippen molar-refractivity contribution in [2.45, 2.75) is 6.92 Å². The predicted molar refractivity (Wildman–Crippen MR) is 77.4 cm³/mol. The summed E-state index contributed by atoms with van der Waals surface area (Å²) in [5.74, 6) is -0.199. The SMILES string of the molecule is CC(CNC(=O)c1ccc(Cl)c(Br)c1)C(N)=S. The van der Waals surface area contributed by atoms with Crippen LogP contribution in [-0.2, 0) is 0 Å². The van der Waals surface area contributed by atoms with Crippen molar-refractivity contribution in [1.29, 1.82) is 0 Å². The third kappa shape index (κ3) is 4.26. The van der Waals surface area contributed by atoms with Gasteiger partial charge in [0, 0.05) is 22.5 Å². The van der Waals surface area contributed by atoms with Crippen LogP contribution in [0.3, 0.4) is 0 Å². The smallest absolute Gasteiger partial charge is 0.251 e. The Morgan fingerprint density at radius 1 is 1.65 bits per heavy atom. The number of rotatable bonds is 4. The first-order valence-electron chi connectivity index (χ1n) is 4.94. The van der Waals surface area contributed by atoms with Crippen LogP contribution in [0.25, 0.3) is 0 Å². The number of nitrogens with one attached hydrogen (secondary N) is 1. The van der Waals surface area contributed by atoms with Gasteiger partial charge in [-0.3, -0.25) is 4.79 Å². The van der Waals surface area contributed by atoms with E-state index >= 15 is 0 Å². The van der Waals surface area contributed by atoms with Gasteiger partial charge in [0.25, 0.3) is 5.91 Å². The van der Waals surface area contributed by atoms with Crippen molar-refractivity contribution in [3.05, 3.63) is 33.3 Å². The van der Waals surface area contributed by atoms with Gasteiger partial charge in [0.2, 0.25) is 0 Å². The van der Waals surface area contributed by atoms with Gasteiger partial charge in [-0.05, 0) is 34.1 Å². The molecule has 1 atom stereocenters. The van der Waals surface area contributed by atoms with Crippen molar-refractivity contribution in [2.24, 2.45) is 11.7 Å². The monoisotopic (exact) mass is 334 g/mol. The summed E-state index contributed by atoms with van der Waals surface area (Å²) in [6.07, 6.45) is 0. The molecule has 3 N–H and O–H groups in total. The zero-order valence-electron chi connectivity index (χ0n) is 9.17. The van der Waals surface area contributed by atoms with Gasteiger partial charge in [0.15, 0.2) is 0 Å². The third-order valence-corrected chi connectivity index (χ3v) is 3.85. The van der Waals surface area contributed by atoms with E-state index in [1.165, 1.54) is 0 Å². The highest BCUT2D eigenvalue weighted by Gasteiger charge is 2.10. The molecule has 1 aromatic carbocycles. The lowest BCUT2D eigenvalue weighted by Gasteiger charge is -2.11. The molecule has 92 valence electrons. The topological polar surface area (TPSA) is 55.1 Å². The molecule has 1 aromatic rings. The standard InChI is InChI=1S/C11H12BrClN2OS/c1-6(10(14)17)5-15-11(16)7-2-3-9(13)8(12)4-7/h2-4,6H,5H2,1H3,(H2,14,17)(H,15,16). The van der Waals surface area contributed by atoms with E-state index in [0.29, 0.717) is 26.6 Å². The molecule has 0 aliphatic heterocycles. The highest BCUT2D eigenvalue weighted by atomic mass is 79.9. The summed E-state index contributed by atoms with van der Waals surface area (Å²) in [6.45, 7) is 2.29. The Morgan fingerprint density at radius 3 is 2.82 bits per heavy atom. The lowest BCUT2D eigenvalue weighted by Crippen LogP contribution is -2.33. The number of hydrogen-bond donors (Lipinski definition) is 2. The summed E-state index contributed by atoms with van der Waals surface area (Å²) < 4.78 is 0.689. The van der Waals surface area contributed by atoms with Gasteiger partial charge in [0.05, 0.1) is 10.0 Å². The lowest BCUT2D eigenvalue weighted by atomic mass is 10.1. The van der Waals surface area contributed by atoms with Gasteiger partial charge in [-0.2, -0.15) is 0 Å². The Balaban J connectivity index is 2.64. The molecule has 0 spiro atoms. The van der Waals surface area contributed by atoms with Crippen molar-refractivity contribution >= 4 is 50.6 Å². The molecule has 1 amide bonds. The number of carbonyl (C=O) groups excluding carboxylic acids is 1. The second kappa shape index (κ2) is 6.33. The van der Waals surface area contributed by atoms with E-state index in [1.54, 1.807) is 18.2 Å². The maximum Gasteiger partial charge on any atom is 0.251 e. The van der Waals surface area contributed by atoms with Crippen LogP contribution < -0.4 is 11.1 Å². The number of nitrogens with two attached hydrogens (primary N) is 1. The second-order valence-corrected chi connectivity index (χ2v) is 5.38. The summed E-state index contributed by atoms with van der Waals surface area (Å²) in [4.78, 5) is 12.2. The first-order chi connectivity index (χ1) is 7.91. The molecule has 0 radical (unpaired) electrons. The number of carbonyl (C=O) groups is 1. The maximum absolute atomic E-state index is 11.8. The van der Waals surface area contributed by atoms with E-state index in [9.17, 15) is 4.79 Å². The fraction of sp³-hybridized carbons (Fsp3) is 0.273. The van der Waals surface area contributed by atoms with E-state index in [4.69, 9.17) is 29.6 Å². The molecule has 17 heavy (non-hydrogen) atoms. The van der Waals surface area contributed by atoms with Crippen molar-refractivity contribution in [3.8, 4) is 0 Å². The zero-order valence-corrected chi connectivity index (χ0v) is 12.3. The Morgan fingerprint density at radius 2 is 2.29 bits per heavy atom. The molecule has 0 heterocycles. The molecule has 0 aliphatic rings. The third-order valence-electron chi connectivity index (χ3n) is 2.24. The van der Waals surface area contributed by atoms with Crippen LogP contribution in [0.4, 0.5) is 0 Å². The van der Waals surface area contributed by atoms with Crippen LogP contribution in [0.2, 0.25) is 5.02 Å². The van der Waals surface area contributed by atoms with Crippen molar-refractivity contribution in [1.82, 2.24) is 5.32 Å². The fourth-order valence-corrected chi connectivity index (χ4v) is 1.67. The van der Waals surface area contributed by atoms with Crippen molar-refractivity contribution < 1.29 is 4.79 Å². The quantitative estimate of drug-likeness (QED) is 0.832. The predicted octanol–water partition coefficient (Wildman–Crippen LogP) is 2.75. The molecule has 1 unspecified atom stereocenters. The number of benzene rings is 1. The van der Waals surface area contributed by atoms with Crippen LogP contribution >= 0.6 is 39.7 Å². The molecular weight excluding hydrogens is 324 g/mol. The molecule has 0 aliphatic carbocycles. The van der Waals surface area contributed by atoms with E-state index in [1.807, 2.05) is 6.92 Å². The summed E-state index contributed by atoms with van der Waals surface area (Å²) in [7, 11) is 0. The van der Waals surface area contributed by atoms with Gasteiger partial charge in [-0.25, -0.2) is 0 Å². The van der Waals surface area contributed by atoms with E-state index in [2.05, 4.69) is 21.2 Å². The Hall–Kier alpha value is -0.650. The van der Waals surface area contributed by atoms with E-state index < -0.39 is 0 Å². The average Bonchev–Trinajstić information content (AvgIpc) is 2.28. The van der Waals surface area contributed by atoms with E-state index in [-0.39, 0.29) is 11.8 Å². The molecule has 0 aromatic heterocycles. The minimum Gasteiger partial charge on any atom is -0.393 e. The molecule has 0 bridgehead atoms. The minimum absolute atomic E-state index is 0.0234. The summed E-state index contributed by atoms with van der Waals surface area (Å²) in [6, 6.07) is 4.99. The fourth-order valence-electron chi connectivity index (χ4n) is 1.09. The van der Waals surface area contributed by atoms with Gasteiger partial charge in [0.1, 0.15) is 0 Å². The minimum atomic E-state index is -0.175. The molecular formula is C11H12BrClN2OS. The Kier molecular flexibility index (Phi) is 5.36. The summed E-state index contributed by atoms with van der Waals surface area (Å²) in [5, 5.41) is 3.32. The van der Waals surface area contributed by atoms with Gasteiger partial charge in [-0.15, -0.1) is 0 Å². The molecule has 0 saturated carbocycles. The molecule has 0 fully saturated rings. The average molecular weight is 336 g/mol. The first-order valence-corrected chi connectivity index (χ1v) is 6.52. The van der Waals surface area contributed by atoms with Crippen LogP contribution in [0.15, 0.2) is 22.7 Å². The van der Waals surface area contributed by atoms with Crippen LogP contribution in [-0.4, -0.2) is 17.4 Å².